The number of carbonyl (C=O) groups excluding carboxylic acids is 3. The number of carbonyl (C=O) groups is 3. The maximum absolute atomic E-state index is 12.3. The molecule has 0 saturated carbocycles. The molecule has 7 nitrogen and oxygen atoms in total. The summed E-state index contributed by atoms with van der Waals surface area (Å²) in [4.78, 5) is 36.7. The number of nitrogens with one attached hydrogen (secondary N) is 1. The molecule has 0 radical (unpaired) electrons. The molecule has 1 N–H and O–H groups in total. The van der Waals surface area contributed by atoms with Crippen LogP contribution in [0.25, 0.3) is 0 Å². The van der Waals surface area contributed by atoms with E-state index in [4.69, 9.17) is 14.2 Å². The number of cyclic esters (lactones) is 1. The van der Waals surface area contributed by atoms with Crippen LogP contribution < -0.4 is 5.32 Å². The van der Waals surface area contributed by atoms with Gasteiger partial charge < -0.3 is 19.5 Å². The Morgan fingerprint density at radius 3 is 2.52 bits per heavy atom. The van der Waals surface area contributed by atoms with E-state index in [0.29, 0.717) is 6.42 Å². The van der Waals surface area contributed by atoms with Gasteiger partial charge in [-0.05, 0) is 39.7 Å². The van der Waals surface area contributed by atoms with Crippen molar-refractivity contribution in [2.45, 2.75) is 45.8 Å². The molecule has 0 aliphatic carbocycles. The fourth-order valence-corrected chi connectivity index (χ4v) is 3.03. The predicted molar refractivity (Wildman–Crippen MR) is 97.9 cm³/mol. The number of rotatable bonds is 6. The van der Waals surface area contributed by atoms with Crippen LogP contribution in [0.1, 0.15) is 33.3 Å². The van der Waals surface area contributed by atoms with Gasteiger partial charge in [-0.25, -0.2) is 4.79 Å². The molecular formula is C20H27NO6. The third-order valence-electron chi connectivity index (χ3n) is 4.16. The van der Waals surface area contributed by atoms with Crippen molar-refractivity contribution in [1.82, 2.24) is 5.32 Å². The molecule has 1 saturated heterocycles. The van der Waals surface area contributed by atoms with Crippen LogP contribution in [0.3, 0.4) is 0 Å². The third-order valence-corrected chi connectivity index (χ3v) is 4.16. The van der Waals surface area contributed by atoms with Crippen LogP contribution >= 0.6 is 0 Å². The highest BCUT2D eigenvalue weighted by Gasteiger charge is 2.47. The van der Waals surface area contributed by atoms with Crippen LogP contribution in [0.4, 0.5) is 4.79 Å². The van der Waals surface area contributed by atoms with Gasteiger partial charge in [0.1, 0.15) is 5.60 Å². The zero-order chi connectivity index (χ0) is 20.0. The molecule has 1 aromatic rings. The van der Waals surface area contributed by atoms with Crippen molar-refractivity contribution >= 4 is 18.0 Å². The minimum absolute atomic E-state index is 0.0373. The van der Waals surface area contributed by atoms with Crippen molar-refractivity contribution < 1.29 is 28.6 Å². The highest BCUT2D eigenvalue weighted by Crippen LogP contribution is 2.29. The van der Waals surface area contributed by atoms with Crippen molar-refractivity contribution in [3.05, 3.63) is 35.9 Å². The fourth-order valence-electron chi connectivity index (χ4n) is 3.03. The maximum Gasteiger partial charge on any atom is 0.407 e. The van der Waals surface area contributed by atoms with Gasteiger partial charge in [0.05, 0.1) is 13.2 Å². The van der Waals surface area contributed by atoms with E-state index >= 15 is 0 Å². The Labute approximate surface area is 159 Å². The molecule has 7 heteroatoms. The Hall–Kier alpha value is -2.57. The van der Waals surface area contributed by atoms with E-state index in [-0.39, 0.29) is 13.2 Å². The van der Waals surface area contributed by atoms with E-state index in [1.54, 1.807) is 27.7 Å². The quantitative estimate of drug-likeness (QED) is 0.465. The summed E-state index contributed by atoms with van der Waals surface area (Å²) in [6.07, 6.45) is -0.178. The second-order valence-electron chi connectivity index (χ2n) is 7.47. The van der Waals surface area contributed by atoms with E-state index in [2.05, 4.69) is 5.32 Å². The number of esters is 2. The van der Waals surface area contributed by atoms with E-state index in [1.165, 1.54) is 0 Å². The lowest BCUT2D eigenvalue weighted by molar-refractivity contribution is -0.156. The fraction of sp³-hybridized carbons (Fsp3) is 0.550. The van der Waals surface area contributed by atoms with Crippen LogP contribution in [0.2, 0.25) is 0 Å². The molecule has 27 heavy (non-hydrogen) atoms. The van der Waals surface area contributed by atoms with Gasteiger partial charge in [-0.2, -0.15) is 0 Å². The molecule has 0 unspecified atom stereocenters. The molecule has 1 aromatic carbocycles. The van der Waals surface area contributed by atoms with Gasteiger partial charge in [-0.15, -0.1) is 0 Å². The Morgan fingerprint density at radius 2 is 1.93 bits per heavy atom. The van der Waals surface area contributed by atoms with Gasteiger partial charge in [-0.3, -0.25) is 9.59 Å². The molecule has 1 fully saturated rings. The maximum atomic E-state index is 12.3. The molecule has 1 heterocycles. The predicted octanol–water partition coefficient (Wildman–Crippen LogP) is 2.47. The second kappa shape index (κ2) is 8.88. The molecule has 0 spiro atoms. The first-order chi connectivity index (χ1) is 12.7. The molecule has 2 rings (SSSR count). The van der Waals surface area contributed by atoms with Gasteiger partial charge in [0, 0.05) is 12.0 Å². The molecular weight excluding hydrogens is 350 g/mol. The Morgan fingerprint density at radius 1 is 1.26 bits per heavy atom. The van der Waals surface area contributed by atoms with Crippen molar-refractivity contribution in [2.75, 3.05) is 13.2 Å². The van der Waals surface area contributed by atoms with Gasteiger partial charge >= 0.3 is 18.0 Å². The van der Waals surface area contributed by atoms with Crippen LogP contribution in [-0.2, 0) is 30.2 Å². The zero-order valence-corrected chi connectivity index (χ0v) is 16.2. The monoisotopic (exact) mass is 377 g/mol. The van der Waals surface area contributed by atoms with Crippen molar-refractivity contribution in [2.24, 2.45) is 11.8 Å². The first kappa shape index (κ1) is 20.7. The van der Waals surface area contributed by atoms with Crippen molar-refractivity contribution in [1.29, 1.82) is 0 Å². The highest BCUT2D eigenvalue weighted by atomic mass is 16.6. The summed E-state index contributed by atoms with van der Waals surface area (Å²) in [5.74, 6) is -2.85. The number of alkyl carbamates (subject to hydrolysis) is 1. The van der Waals surface area contributed by atoms with Gasteiger partial charge in [0.25, 0.3) is 0 Å². The molecule has 1 aliphatic rings. The van der Waals surface area contributed by atoms with E-state index < -0.39 is 41.5 Å². The summed E-state index contributed by atoms with van der Waals surface area (Å²) in [5.41, 5.74) is 0.296. The summed E-state index contributed by atoms with van der Waals surface area (Å²) in [6, 6.07) is 8.98. The number of amides is 1. The van der Waals surface area contributed by atoms with Crippen molar-refractivity contribution in [3.8, 4) is 0 Å². The summed E-state index contributed by atoms with van der Waals surface area (Å²) < 4.78 is 15.5. The topological polar surface area (TPSA) is 90.9 Å². The van der Waals surface area contributed by atoms with E-state index in [1.807, 2.05) is 30.3 Å². The standard InChI is InChI=1S/C20H27NO6/c1-5-25-17(22)16-14(12-26-18(16)23)15(11-13-9-7-6-8-10-13)21-19(24)27-20(2,3)4/h6-10,14-16H,5,11-12H2,1-4H3,(H,21,24)/t14-,15-,16-/m0/s1. The van der Waals surface area contributed by atoms with Crippen LogP contribution in [0.15, 0.2) is 30.3 Å². The lowest BCUT2D eigenvalue weighted by atomic mass is 9.85. The number of hydrogen-bond acceptors (Lipinski definition) is 6. The second-order valence-corrected chi connectivity index (χ2v) is 7.47. The minimum Gasteiger partial charge on any atom is -0.465 e. The average Bonchev–Trinajstić information content (AvgIpc) is 2.95. The smallest absolute Gasteiger partial charge is 0.407 e. The lowest BCUT2D eigenvalue weighted by Crippen LogP contribution is -2.48. The highest BCUT2D eigenvalue weighted by molar-refractivity contribution is 5.96. The zero-order valence-electron chi connectivity index (χ0n) is 16.2. The van der Waals surface area contributed by atoms with Crippen LogP contribution in [-0.4, -0.2) is 42.9 Å². The first-order valence-corrected chi connectivity index (χ1v) is 9.08. The summed E-state index contributed by atoms with van der Waals surface area (Å²) in [5, 5.41) is 2.81. The summed E-state index contributed by atoms with van der Waals surface area (Å²) >= 11 is 0. The number of ether oxygens (including phenoxy) is 3. The SMILES string of the molecule is CCOC(=O)[C@H]1C(=O)OC[C@H]1[C@H](Cc1ccccc1)NC(=O)OC(C)(C)C. The van der Waals surface area contributed by atoms with Crippen LogP contribution in [0, 0.1) is 11.8 Å². The Kier molecular flexibility index (Phi) is 6.82. The minimum atomic E-state index is -1.06. The first-order valence-electron chi connectivity index (χ1n) is 9.08. The number of benzene rings is 1. The lowest BCUT2D eigenvalue weighted by Gasteiger charge is -2.28. The Bertz CT molecular complexity index is 667. The third kappa shape index (κ3) is 5.98. The largest absolute Gasteiger partial charge is 0.465 e. The summed E-state index contributed by atoms with van der Waals surface area (Å²) in [7, 11) is 0. The van der Waals surface area contributed by atoms with Crippen LogP contribution in [0.5, 0.6) is 0 Å². The van der Waals surface area contributed by atoms with E-state index in [9.17, 15) is 14.4 Å². The normalized spacial score (nSPS) is 20.5. The molecule has 3 atom stereocenters. The molecule has 1 amide bonds. The van der Waals surface area contributed by atoms with Gasteiger partial charge in [-0.1, -0.05) is 30.3 Å². The van der Waals surface area contributed by atoms with Crippen molar-refractivity contribution in [3.63, 3.8) is 0 Å². The average molecular weight is 377 g/mol. The number of hydrogen-bond donors (Lipinski definition) is 1. The van der Waals surface area contributed by atoms with Gasteiger partial charge in [0.2, 0.25) is 0 Å². The Balaban J connectivity index is 2.23. The molecule has 148 valence electrons. The van der Waals surface area contributed by atoms with E-state index in [0.717, 1.165) is 5.56 Å². The summed E-state index contributed by atoms with van der Waals surface area (Å²) in [6.45, 7) is 7.18. The molecule has 1 aliphatic heterocycles. The molecule has 0 bridgehead atoms. The van der Waals surface area contributed by atoms with Gasteiger partial charge in [0.15, 0.2) is 5.92 Å². The molecule has 0 aromatic heterocycles.